The second-order valence-corrected chi connectivity index (χ2v) is 5.00. The number of H-pyrrole nitrogens is 1. The Morgan fingerprint density at radius 1 is 1.26 bits per heavy atom. The first-order chi connectivity index (χ1) is 9.19. The van der Waals surface area contributed by atoms with E-state index in [0.29, 0.717) is 5.92 Å². The molecular weight excluding hydrogens is 238 g/mol. The minimum absolute atomic E-state index is 0.649. The molecule has 0 saturated carbocycles. The quantitative estimate of drug-likeness (QED) is 0.838. The summed E-state index contributed by atoms with van der Waals surface area (Å²) in [5, 5.41) is 3.37. The Morgan fingerprint density at radius 2 is 2.00 bits per heavy atom. The van der Waals surface area contributed by atoms with Crippen molar-refractivity contribution in [3.8, 4) is 17.0 Å². The zero-order valence-corrected chi connectivity index (χ0v) is 11.7. The second-order valence-electron chi connectivity index (χ2n) is 5.00. The van der Waals surface area contributed by atoms with E-state index in [1.54, 1.807) is 7.11 Å². The number of imidazole rings is 1. The van der Waals surface area contributed by atoms with E-state index in [0.717, 1.165) is 35.9 Å². The molecule has 2 rings (SSSR count). The molecule has 4 nitrogen and oxygen atoms in total. The molecule has 4 heteroatoms. The van der Waals surface area contributed by atoms with Gasteiger partial charge in [-0.1, -0.05) is 13.8 Å². The van der Waals surface area contributed by atoms with Gasteiger partial charge in [-0.2, -0.15) is 0 Å². The molecule has 0 saturated heterocycles. The van der Waals surface area contributed by atoms with Gasteiger partial charge < -0.3 is 15.0 Å². The van der Waals surface area contributed by atoms with Gasteiger partial charge in [0.2, 0.25) is 0 Å². The summed E-state index contributed by atoms with van der Waals surface area (Å²) in [6, 6.07) is 7.95. The van der Waals surface area contributed by atoms with E-state index < -0.39 is 0 Å². The minimum Gasteiger partial charge on any atom is -0.497 e. The van der Waals surface area contributed by atoms with Crippen LogP contribution in [0.15, 0.2) is 30.5 Å². The lowest BCUT2D eigenvalue weighted by Crippen LogP contribution is -2.19. The molecule has 102 valence electrons. The van der Waals surface area contributed by atoms with Crippen LogP contribution in [0.2, 0.25) is 0 Å². The number of rotatable bonds is 6. The maximum atomic E-state index is 5.15. The first kappa shape index (κ1) is 13.6. The average Bonchev–Trinajstić information content (AvgIpc) is 2.87. The summed E-state index contributed by atoms with van der Waals surface area (Å²) in [7, 11) is 1.67. The third kappa shape index (κ3) is 3.83. The second kappa shape index (κ2) is 6.38. The fourth-order valence-corrected chi connectivity index (χ4v) is 1.85. The van der Waals surface area contributed by atoms with E-state index in [2.05, 4.69) is 29.1 Å². The summed E-state index contributed by atoms with van der Waals surface area (Å²) >= 11 is 0. The molecule has 0 spiro atoms. The highest BCUT2D eigenvalue weighted by molar-refractivity contribution is 5.59. The Bertz CT molecular complexity index is 502. The van der Waals surface area contributed by atoms with E-state index in [1.807, 2.05) is 30.5 Å². The molecular formula is C15H21N3O. The molecule has 0 atom stereocenters. The molecule has 0 radical (unpaired) electrons. The Hall–Kier alpha value is -1.81. The van der Waals surface area contributed by atoms with Crippen LogP contribution in [0.25, 0.3) is 11.3 Å². The Morgan fingerprint density at radius 3 is 2.63 bits per heavy atom. The van der Waals surface area contributed by atoms with Crippen LogP contribution in [-0.2, 0) is 6.54 Å². The molecule has 1 heterocycles. The highest BCUT2D eigenvalue weighted by Gasteiger charge is 2.03. The molecule has 0 amide bonds. The highest BCUT2D eigenvalue weighted by Crippen LogP contribution is 2.20. The number of hydrogen-bond donors (Lipinski definition) is 2. The number of ether oxygens (including phenoxy) is 1. The number of aromatic amines is 1. The van der Waals surface area contributed by atoms with Crippen molar-refractivity contribution in [1.29, 1.82) is 0 Å². The summed E-state index contributed by atoms with van der Waals surface area (Å²) in [4.78, 5) is 7.71. The molecule has 19 heavy (non-hydrogen) atoms. The van der Waals surface area contributed by atoms with E-state index >= 15 is 0 Å². The Labute approximate surface area is 114 Å². The van der Waals surface area contributed by atoms with Gasteiger partial charge in [0.25, 0.3) is 0 Å². The standard InChI is InChI=1S/C15H21N3O/c1-11(2)8-16-10-15-17-9-14(18-15)12-4-6-13(19-3)7-5-12/h4-7,9,11,16H,8,10H2,1-3H3,(H,17,18). The predicted octanol–water partition coefficient (Wildman–Crippen LogP) is 2.83. The van der Waals surface area contributed by atoms with Crippen molar-refractivity contribution < 1.29 is 4.74 Å². The zero-order valence-electron chi connectivity index (χ0n) is 11.7. The number of nitrogens with zero attached hydrogens (tertiary/aromatic N) is 1. The zero-order chi connectivity index (χ0) is 13.7. The fourth-order valence-electron chi connectivity index (χ4n) is 1.85. The van der Waals surface area contributed by atoms with Gasteiger partial charge in [0.15, 0.2) is 0 Å². The summed E-state index contributed by atoms with van der Waals surface area (Å²) < 4.78 is 5.15. The van der Waals surface area contributed by atoms with Gasteiger partial charge in [-0.05, 0) is 42.3 Å². The van der Waals surface area contributed by atoms with Crippen molar-refractivity contribution >= 4 is 0 Å². The van der Waals surface area contributed by atoms with E-state index in [9.17, 15) is 0 Å². The molecule has 0 aliphatic heterocycles. The molecule has 0 fully saturated rings. The van der Waals surface area contributed by atoms with Crippen LogP contribution in [0.1, 0.15) is 19.7 Å². The molecule has 0 bridgehead atoms. The molecule has 0 aliphatic carbocycles. The first-order valence-corrected chi connectivity index (χ1v) is 6.58. The SMILES string of the molecule is COc1ccc(-c2cnc(CNCC(C)C)[nH]2)cc1. The topological polar surface area (TPSA) is 49.9 Å². The largest absolute Gasteiger partial charge is 0.497 e. The van der Waals surface area contributed by atoms with Crippen LogP contribution >= 0.6 is 0 Å². The van der Waals surface area contributed by atoms with Crippen LogP contribution in [0.5, 0.6) is 5.75 Å². The van der Waals surface area contributed by atoms with E-state index in [4.69, 9.17) is 4.74 Å². The summed E-state index contributed by atoms with van der Waals surface area (Å²) in [6.07, 6.45) is 1.87. The third-order valence-corrected chi connectivity index (χ3v) is 2.87. The van der Waals surface area contributed by atoms with Crippen molar-refractivity contribution in [2.75, 3.05) is 13.7 Å². The maximum Gasteiger partial charge on any atom is 0.120 e. The van der Waals surface area contributed by atoms with Gasteiger partial charge in [0.1, 0.15) is 11.6 Å². The van der Waals surface area contributed by atoms with Gasteiger partial charge >= 0.3 is 0 Å². The summed E-state index contributed by atoms with van der Waals surface area (Å²) in [5.74, 6) is 2.48. The van der Waals surface area contributed by atoms with E-state index in [-0.39, 0.29) is 0 Å². The molecule has 0 aliphatic rings. The Kier molecular flexibility index (Phi) is 4.58. The highest BCUT2D eigenvalue weighted by atomic mass is 16.5. The predicted molar refractivity (Wildman–Crippen MR) is 77.1 cm³/mol. The van der Waals surface area contributed by atoms with Crippen LogP contribution in [0.4, 0.5) is 0 Å². The number of nitrogens with one attached hydrogen (secondary N) is 2. The molecule has 2 N–H and O–H groups in total. The number of benzene rings is 1. The van der Waals surface area contributed by atoms with Gasteiger partial charge in [0, 0.05) is 0 Å². The van der Waals surface area contributed by atoms with Crippen LogP contribution in [0, 0.1) is 5.92 Å². The molecule has 1 aromatic carbocycles. The number of methoxy groups -OCH3 is 1. The first-order valence-electron chi connectivity index (χ1n) is 6.58. The molecule has 0 unspecified atom stereocenters. The van der Waals surface area contributed by atoms with Gasteiger partial charge in [-0.25, -0.2) is 4.98 Å². The fraction of sp³-hybridized carbons (Fsp3) is 0.400. The third-order valence-electron chi connectivity index (χ3n) is 2.87. The average molecular weight is 259 g/mol. The molecule has 2 aromatic rings. The van der Waals surface area contributed by atoms with Gasteiger partial charge in [-0.3, -0.25) is 0 Å². The summed E-state index contributed by atoms with van der Waals surface area (Å²) in [6.45, 7) is 6.16. The van der Waals surface area contributed by atoms with E-state index in [1.165, 1.54) is 0 Å². The van der Waals surface area contributed by atoms with Crippen molar-refractivity contribution in [3.63, 3.8) is 0 Å². The number of aromatic nitrogens is 2. The normalized spacial score (nSPS) is 10.9. The van der Waals surface area contributed by atoms with Gasteiger partial charge in [0.05, 0.1) is 25.5 Å². The maximum absolute atomic E-state index is 5.15. The van der Waals surface area contributed by atoms with Crippen LogP contribution < -0.4 is 10.1 Å². The van der Waals surface area contributed by atoms with Crippen LogP contribution in [-0.4, -0.2) is 23.6 Å². The monoisotopic (exact) mass is 259 g/mol. The van der Waals surface area contributed by atoms with Gasteiger partial charge in [-0.15, -0.1) is 0 Å². The van der Waals surface area contributed by atoms with Crippen LogP contribution in [0.3, 0.4) is 0 Å². The van der Waals surface area contributed by atoms with Crippen molar-refractivity contribution in [3.05, 3.63) is 36.3 Å². The lowest BCUT2D eigenvalue weighted by molar-refractivity contribution is 0.415. The summed E-state index contributed by atoms with van der Waals surface area (Å²) in [5.41, 5.74) is 2.15. The Balaban J connectivity index is 1.99. The number of hydrogen-bond acceptors (Lipinski definition) is 3. The van der Waals surface area contributed by atoms with Crippen molar-refractivity contribution in [2.45, 2.75) is 20.4 Å². The lowest BCUT2D eigenvalue weighted by Gasteiger charge is -2.05. The molecule has 1 aromatic heterocycles. The minimum atomic E-state index is 0.649. The van der Waals surface area contributed by atoms with Crippen molar-refractivity contribution in [2.24, 2.45) is 5.92 Å². The lowest BCUT2D eigenvalue weighted by atomic mass is 10.2. The van der Waals surface area contributed by atoms with Crippen molar-refractivity contribution in [1.82, 2.24) is 15.3 Å². The smallest absolute Gasteiger partial charge is 0.120 e.